The maximum absolute atomic E-state index is 12.9. The predicted octanol–water partition coefficient (Wildman–Crippen LogP) is 5.18. The van der Waals surface area contributed by atoms with Gasteiger partial charge >= 0.3 is 5.97 Å². The molecule has 0 heterocycles. The van der Waals surface area contributed by atoms with Gasteiger partial charge in [0.05, 0.1) is 5.75 Å². The molecule has 0 atom stereocenters. The molecule has 0 aliphatic heterocycles. The van der Waals surface area contributed by atoms with E-state index in [1.807, 2.05) is 25.1 Å². The first-order chi connectivity index (χ1) is 12.4. The van der Waals surface area contributed by atoms with Gasteiger partial charge < -0.3 is 4.74 Å². The van der Waals surface area contributed by atoms with Crippen molar-refractivity contribution in [2.45, 2.75) is 50.3 Å². The number of halogens is 1. The van der Waals surface area contributed by atoms with E-state index >= 15 is 0 Å². The monoisotopic (exact) mass is 436 g/mol. The van der Waals surface area contributed by atoms with Crippen LogP contribution in [0.3, 0.4) is 0 Å². The summed E-state index contributed by atoms with van der Waals surface area (Å²) in [4.78, 5) is 26.1. The lowest BCUT2D eigenvalue weighted by Crippen LogP contribution is -2.51. The number of thioether (sulfide) groups is 1. The van der Waals surface area contributed by atoms with Crippen LogP contribution in [-0.4, -0.2) is 24.1 Å². The maximum atomic E-state index is 12.9. The largest absolute Gasteiger partial charge is 0.457 e. The summed E-state index contributed by atoms with van der Waals surface area (Å²) in [6.45, 7) is 1.99. The molecule has 0 aromatic heterocycles. The van der Waals surface area contributed by atoms with E-state index in [-0.39, 0.29) is 29.5 Å². The third kappa shape index (κ3) is 3.75. The molecule has 0 amide bonds. The number of carbonyl (C=O) groups excluding carboxylic acids is 2. The van der Waals surface area contributed by atoms with Gasteiger partial charge in [-0.1, -0.05) is 15.9 Å². The molecule has 4 aliphatic carbocycles. The van der Waals surface area contributed by atoms with Crippen LogP contribution in [0.4, 0.5) is 0 Å². The lowest BCUT2D eigenvalue weighted by atomic mass is 9.48. The number of rotatable bonds is 6. The predicted molar refractivity (Wildman–Crippen MR) is 106 cm³/mol. The van der Waals surface area contributed by atoms with Gasteiger partial charge in [0.1, 0.15) is 0 Å². The van der Waals surface area contributed by atoms with Gasteiger partial charge in [0.15, 0.2) is 12.4 Å². The Kier molecular flexibility index (Phi) is 5.21. The highest BCUT2D eigenvalue weighted by Crippen LogP contribution is 2.60. The summed E-state index contributed by atoms with van der Waals surface area (Å²) in [6, 6.07) is 6.00. The van der Waals surface area contributed by atoms with Gasteiger partial charge in [-0.05, 0) is 87.0 Å². The molecule has 0 unspecified atom stereocenters. The average Bonchev–Trinajstić information content (AvgIpc) is 2.57. The van der Waals surface area contributed by atoms with E-state index < -0.39 is 0 Å². The molecule has 26 heavy (non-hydrogen) atoms. The minimum absolute atomic E-state index is 0.0368. The molecule has 0 saturated heterocycles. The van der Waals surface area contributed by atoms with Gasteiger partial charge in [-0.25, -0.2) is 0 Å². The van der Waals surface area contributed by atoms with Crippen molar-refractivity contribution in [3.05, 3.63) is 28.2 Å². The standard InChI is InChI=1S/C21H25BrO3S/c1-13-4-17(22)2-3-18(13)26-12-20(24)25-11-19(23)21-8-14-5-15(9-21)7-16(6-14)10-21/h2-4,14-16H,5-12H2,1H3. The van der Waals surface area contributed by atoms with Crippen molar-refractivity contribution in [3.63, 3.8) is 0 Å². The van der Waals surface area contributed by atoms with Crippen molar-refractivity contribution in [1.29, 1.82) is 0 Å². The fourth-order valence-electron chi connectivity index (χ4n) is 5.70. The summed E-state index contributed by atoms with van der Waals surface area (Å²) >= 11 is 4.91. The van der Waals surface area contributed by atoms with Crippen LogP contribution in [0.25, 0.3) is 0 Å². The van der Waals surface area contributed by atoms with Gasteiger partial charge in [-0.3, -0.25) is 9.59 Å². The van der Waals surface area contributed by atoms with Crippen LogP contribution in [0.2, 0.25) is 0 Å². The third-order valence-electron chi connectivity index (χ3n) is 6.48. The molecule has 4 fully saturated rings. The molecule has 5 rings (SSSR count). The Morgan fingerprint density at radius 1 is 1.15 bits per heavy atom. The minimum atomic E-state index is -0.296. The van der Waals surface area contributed by atoms with Gasteiger partial charge in [0, 0.05) is 14.8 Å². The van der Waals surface area contributed by atoms with Gasteiger partial charge in [0.2, 0.25) is 0 Å². The molecule has 4 aliphatic rings. The Labute approximate surface area is 167 Å². The lowest BCUT2D eigenvalue weighted by molar-refractivity contribution is -0.156. The fraction of sp³-hybridized carbons (Fsp3) is 0.619. The summed E-state index contributed by atoms with van der Waals surface area (Å²) in [5.74, 6) is 2.33. The Balaban J connectivity index is 1.28. The number of Topliss-reactive ketones (excluding diaryl/α,β-unsaturated/α-hetero) is 1. The topological polar surface area (TPSA) is 43.4 Å². The van der Waals surface area contributed by atoms with Crippen molar-refractivity contribution in [3.8, 4) is 0 Å². The zero-order valence-corrected chi connectivity index (χ0v) is 17.5. The Morgan fingerprint density at radius 3 is 2.35 bits per heavy atom. The maximum Gasteiger partial charge on any atom is 0.316 e. The van der Waals surface area contributed by atoms with Crippen molar-refractivity contribution in [1.82, 2.24) is 0 Å². The molecule has 3 nitrogen and oxygen atoms in total. The second-order valence-corrected chi connectivity index (χ2v) is 10.4. The number of hydrogen-bond acceptors (Lipinski definition) is 4. The summed E-state index contributed by atoms with van der Waals surface area (Å²) in [6.07, 6.45) is 7.03. The smallest absolute Gasteiger partial charge is 0.316 e. The SMILES string of the molecule is Cc1cc(Br)ccc1SCC(=O)OCC(=O)C12CC3CC(CC(C3)C1)C2. The number of aryl methyl sites for hydroxylation is 1. The van der Waals surface area contributed by atoms with E-state index in [2.05, 4.69) is 15.9 Å². The molecule has 1 aromatic rings. The number of hydrogen-bond donors (Lipinski definition) is 0. The van der Waals surface area contributed by atoms with Crippen molar-refractivity contribution < 1.29 is 14.3 Å². The van der Waals surface area contributed by atoms with Gasteiger partial charge in [0.25, 0.3) is 0 Å². The Bertz CT molecular complexity index is 695. The molecule has 0 radical (unpaired) electrons. The molecule has 0 N–H and O–H groups in total. The Hall–Kier alpha value is -0.810. The third-order valence-corrected chi connectivity index (χ3v) is 8.12. The fourth-order valence-corrected chi connectivity index (χ4v) is 6.99. The molecule has 140 valence electrons. The summed E-state index contributed by atoms with van der Waals surface area (Å²) in [7, 11) is 0. The van der Waals surface area contributed by atoms with E-state index in [0.29, 0.717) is 0 Å². The van der Waals surface area contributed by atoms with E-state index in [1.54, 1.807) is 0 Å². The van der Waals surface area contributed by atoms with Crippen LogP contribution in [-0.2, 0) is 14.3 Å². The lowest BCUT2D eigenvalue weighted by Gasteiger charge is -2.55. The van der Waals surface area contributed by atoms with Crippen LogP contribution in [0, 0.1) is 30.1 Å². The highest BCUT2D eigenvalue weighted by molar-refractivity contribution is 9.10. The first-order valence-electron chi connectivity index (χ1n) is 9.51. The molecule has 4 saturated carbocycles. The van der Waals surface area contributed by atoms with Crippen molar-refractivity contribution in [2.75, 3.05) is 12.4 Å². The summed E-state index contributed by atoms with van der Waals surface area (Å²) < 4.78 is 6.39. The van der Waals surface area contributed by atoms with Crippen LogP contribution >= 0.6 is 27.7 Å². The van der Waals surface area contributed by atoms with Crippen molar-refractivity contribution >= 4 is 39.4 Å². The van der Waals surface area contributed by atoms with E-state index in [9.17, 15) is 9.59 Å². The number of carbonyl (C=O) groups is 2. The first-order valence-corrected chi connectivity index (χ1v) is 11.3. The molecule has 5 heteroatoms. The quantitative estimate of drug-likeness (QED) is 0.455. The van der Waals surface area contributed by atoms with Crippen LogP contribution in [0.5, 0.6) is 0 Å². The van der Waals surface area contributed by atoms with Gasteiger partial charge in [-0.2, -0.15) is 0 Å². The van der Waals surface area contributed by atoms with E-state index in [4.69, 9.17) is 4.74 Å². The van der Waals surface area contributed by atoms with Gasteiger partial charge in [-0.15, -0.1) is 11.8 Å². The Morgan fingerprint density at radius 2 is 1.77 bits per heavy atom. The molecule has 0 spiro atoms. The van der Waals surface area contributed by atoms with Crippen LogP contribution in [0.1, 0.15) is 44.1 Å². The number of benzene rings is 1. The highest BCUT2D eigenvalue weighted by atomic mass is 79.9. The zero-order valence-electron chi connectivity index (χ0n) is 15.1. The zero-order chi connectivity index (χ0) is 18.3. The van der Waals surface area contributed by atoms with Crippen LogP contribution < -0.4 is 0 Å². The first kappa shape index (κ1) is 18.5. The van der Waals surface area contributed by atoms with E-state index in [0.717, 1.165) is 51.9 Å². The normalized spacial score (nSPS) is 31.8. The summed E-state index contributed by atoms with van der Waals surface area (Å²) in [5.41, 5.74) is 0.951. The van der Waals surface area contributed by atoms with E-state index in [1.165, 1.54) is 31.0 Å². The summed E-state index contributed by atoms with van der Waals surface area (Å²) in [5, 5.41) is 0. The van der Waals surface area contributed by atoms with Crippen LogP contribution in [0.15, 0.2) is 27.6 Å². The van der Waals surface area contributed by atoms with Crippen molar-refractivity contribution in [2.24, 2.45) is 23.2 Å². The average molecular weight is 437 g/mol. The number of ketones is 1. The number of ether oxygens (including phenoxy) is 1. The molecular weight excluding hydrogens is 412 g/mol. The molecule has 4 bridgehead atoms. The second-order valence-electron chi connectivity index (χ2n) is 8.48. The highest BCUT2D eigenvalue weighted by Gasteiger charge is 2.54. The molecular formula is C21H25BrO3S. The minimum Gasteiger partial charge on any atom is -0.457 e. The number of esters is 1. The molecule has 1 aromatic carbocycles. The second kappa shape index (κ2) is 7.31.